The minimum Gasteiger partial charge on any atom is -0.298 e. The van der Waals surface area contributed by atoms with Gasteiger partial charge in [-0.25, -0.2) is 4.39 Å². The van der Waals surface area contributed by atoms with Crippen molar-refractivity contribution in [1.82, 2.24) is 0 Å². The number of carbonyl (C=O) groups excluding carboxylic acids is 1. The van der Waals surface area contributed by atoms with Crippen LogP contribution in [0.2, 0.25) is 5.02 Å². The maximum Gasteiger partial charge on any atom is 0.150 e. The van der Waals surface area contributed by atoms with E-state index in [9.17, 15) is 9.18 Å². The van der Waals surface area contributed by atoms with Crippen molar-refractivity contribution in [2.75, 3.05) is 0 Å². The number of benzene rings is 2. The summed E-state index contributed by atoms with van der Waals surface area (Å²) in [7, 11) is 0. The molecule has 0 radical (unpaired) electrons. The molecule has 2 aromatic rings. The summed E-state index contributed by atoms with van der Waals surface area (Å²) in [5, 5.41) is 0.368. The number of aryl methyl sites for hydroxylation is 1. The average Bonchev–Trinajstić information content (AvgIpc) is 2.30. The standard InChI is InChI=1S/C14H10ClFO/c1-9-7-10(8-17)5-6-11(9)14-12(15)3-2-4-13(14)16/h2-8H,1H3. The third-order valence-corrected chi connectivity index (χ3v) is 2.93. The lowest BCUT2D eigenvalue weighted by molar-refractivity contribution is 0.112. The highest BCUT2D eigenvalue weighted by molar-refractivity contribution is 6.33. The maximum absolute atomic E-state index is 13.7. The van der Waals surface area contributed by atoms with Crippen molar-refractivity contribution in [3.63, 3.8) is 0 Å². The van der Waals surface area contributed by atoms with Crippen LogP contribution in [-0.2, 0) is 0 Å². The summed E-state index contributed by atoms with van der Waals surface area (Å²) in [6, 6.07) is 9.66. The molecule has 17 heavy (non-hydrogen) atoms. The Bertz CT molecular complexity index is 558. The first kappa shape index (κ1) is 11.8. The van der Waals surface area contributed by atoms with Crippen LogP contribution in [0.4, 0.5) is 4.39 Å². The molecule has 2 aromatic carbocycles. The normalized spacial score (nSPS) is 10.3. The van der Waals surface area contributed by atoms with Crippen molar-refractivity contribution in [2.24, 2.45) is 0 Å². The summed E-state index contributed by atoms with van der Waals surface area (Å²) in [6.45, 7) is 1.82. The number of hydrogen-bond donors (Lipinski definition) is 0. The molecule has 2 rings (SSSR count). The topological polar surface area (TPSA) is 17.1 Å². The van der Waals surface area contributed by atoms with Gasteiger partial charge in [-0.1, -0.05) is 29.8 Å². The highest BCUT2D eigenvalue weighted by Crippen LogP contribution is 2.32. The summed E-state index contributed by atoms with van der Waals surface area (Å²) in [6.07, 6.45) is 0.764. The Hall–Kier alpha value is -1.67. The Morgan fingerprint density at radius 3 is 2.59 bits per heavy atom. The zero-order valence-electron chi connectivity index (χ0n) is 9.21. The van der Waals surface area contributed by atoms with E-state index in [0.29, 0.717) is 21.7 Å². The van der Waals surface area contributed by atoms with Crippen LogP contribution < -0.4 is 0 Å². The summed E-state index contributed by atoms with van der Waals surface area (Å²) >= 11 is 6.00. The Balaban J connectivity index is 2.65. The number of carbonyl (C=O) groups is 1. The van der Waals surface area contributed by atoms with Gasteiger partial charge in [0, 0.05) is 11.1 Å². The zero-order valence-corrected chi connectivity index (χ0v) is 9.96. The predicted octanol–water partition coefficient (Wildman–Crippen LogP) is 4.27. The van der Waals surface area contributed by atoms with E-state index in [1.807, 2.05) is 6.92 Å². The van der Waals surface area contributed by atoms with E-state index in [1.54, 1.807) is 30.3 Å². The molecule has 0 unspecified atom stereocenters. The highest BCUT2D eigenvalue weighted by Gasteiger charge is 2.11. The molecule has 1 nitrogen and oxygen atoms in total. The first-order valence-corrected chi connectivity index (χ1v) is 5.51. The first-order valence-electron chi connectivity index (χ1n) is 5.13. The fourth-order valence-electron chi connectivity index (χ4n) is 1.80. The molecule has 0 amide bonds. The molecule has 0 aliphatic carbocycles. The van der Waals surface area contributed by atoms with Crippen molar-refractivity contribution >= 4 is 17.9 Å². The van der Waals surface area contributed by atoms with E-state index in [4.69, 9.17) is 11.6 Å². The minimum absolute atomic E-state index is 0.362. The number of aldehydes is 1. The van der Waals surface area contributed by atoms with Gasteiger partial charge in [0.2, 0.25) is 0 Å². The number of rotatable bonds is 2. The second-order valence-electron chi connectivity index (χ2n) is 3.79. The lowest BCUT2D eigenvalue weighted by atomic mass is 9.98. The Kier molecular flexibility index (Phi) is 3.25. The van der Waals surface area contributed by atoms with Crippen LogP contribution in [0.5, 0.6) is 0 Å². The van der Waals surface area contributed by atoms with Gasteiger partial charge in [0.05, 0.1) is 5.02 Å². The maximum atomic E-state index is 13.7. The fraction of sp³-hybridized carbons (Fsp3) is 0.0714. The summed E-state index contributed by atoms with van der Waals surface area (Å²) < 4.78 is 13.7. The molecule has 86 valence electrons. The summed E-state index contributed by atoms with van der Waals surface area (Å²) in [4.78, 5) is 10.6. The van der Waals surface area contributed by atoms with E-state index >= 15 is 0 Å². The lowest BCUT2D eigenvalue weighted by Gasteiger charge is -2.09. The molecular formula is C14H10ClFO. The van der Waals surface area contributed by atoms with Crippen molar-refractivity contribution in [3.8, 4) is 11.1 Å². The van der Waals surface area contributed by atoms with Gasteiger partial charge in [-0.2, -0.15) is 0 Å². The van der Waals surface area contributed by atoms with E-state index in [-0.39, 0.29) is 5.82 Å². The van der Waals surface area contributed by atoms with Crippen LogP contribution in [0.1, 0.15) is 15.9 Å². The van der Waals surface area contributed by atoms with Gasteiger partial charge in [0.15, 0.2) is 0 Å². The Labute approximate surface area is 104 Å². The van der Waals surface area contributed by atoms with E-state index < -0.39 is 0 Å². The predicted molar refractivity (Wildman–Crippen MR) is 67.0 cm³/mol. The second kappa shape index (κ2) is 4.68. The van der Waals surface area contributed by atoms with Gasteiger partial charge in [-0.05, 0) is 36.2 Å². The van der Waals surface area contributed by atoms with Gasteiger partial charge >= 0.3 is 0 Å². The first-order chi connectivity index (χ1) is 8.13. The molecular weight excluding hydrogens is 239 g/mol. The van der Waals surface area contributed by atoms with Crippen LogP contribution in [0.25, 0.3) is 11.1 Å². The Morgan fingerprint density at radius 1 is 1.24 bits per heavy atom. The summed E-state index contributed by atoms with van der Waals surface area (Å²) in [5.74, 6) is -0.362. The van der Waals surface area contributed by atoms with Crippen LogP contribution in [0.15, 0.2) is 36.4 Å². The van der Waals surface area contributed by atoms with Crippen molar-refractivity contribution < 1.29 is 9.18 Å². The van der Waals surface area contributed by atoms with Gasteiger partial charge in [-0.3, -0.25) is 4.79 Å². The molecule has 0 aliphatic heterocycles. The third-order valence-electron chi connectivity index (χ3n) is 2.62. The van der Waals surface area contributed by atoms with Crippen LogP contribution in [0.3, 0.4) is 0 Å². The van der Waals surface area contributed by atoms with Gasteiger partial charge < -0.3 is 0 Å². The van der Waals surface area contributed by atoms with Crippen molar-refractivity contribution in [1.29, 1.82) is 0 Å². The highest BCUT2D eigenvalue weighted by atomic mass is 35.5. The van der Waals surface area contributed by atoms with E-state index in [1.165, 1.54) is 6.07 Å². The number of hydrogen-bond acceptors (Lipinski definition) is 1. The Morgan fingerprint density at radius 2 is 2.00 bits per heavy atom. The molecule has 3 heteroatoms. The minimum atomic E-state index is -0.362. The molecule has 0 spiro atoms. The zero-order chi connectivity index (χ0) is 12.4. The third kappa shape index (κ3) is 2.22. The monoisotopic (exact) mass is 248 g/mol. The van der Waals surface area contributed by atoms with Gasteiger partial charge in [0.1, 0.15) is 12.1 Å². The molecule has 0 N–H and O–H groups in total. The van der Waals surface area contributed by atoms with E-state index in [0.717, 1.165) is 11.8 Å². The average molecular weight is 249 g/mol. The SMILES string of the molecule is Cc1cc(C=O)ccc1-c1c(F)cccc1Cl. The number of halogens is 2. The summed E-state index contributed by atoms with van der Waals surface area (Å²) in [5.41, 5.74) is 2.48. The van der Waals surface area contributed by atoms with Gasteiger partial charge in [0.25, 0.3) is 0 Å². The molecule has 0 fully saturated rings. The molecule has 0 aliphatic rings. The molecule has 0 saturated heterocycles. The van der Waals surface area contributed by atoms with Crippen LogP contribution in [0, 0.1) is 12.7 Å². The van der Waals surface area contributed by atoms with E-state index in [2.05, 4.69) is 0 Å². The lowest BCUT2D eigenvalue weighted by Crippen LogP contribution is -1.91. The second-order valence-corrected chi connectivity index (χ2v) is 4.20. The molecule has 0 heterocycles. The largest absolute Gasteiger partial charge is 0.298 e. The quantitative estimate of drug-likeness (QED) is 0.726. The molecule has 0 aromatic heterocycles. The smallest absolute Gasteiger partial charge is 0.150 e. The fourth-order valence-corrected chi connectivity index (χ4v) is 2.06. The molecule has 0 saturated carbocycles. The van der Waals surface area contributed by atoms with Crippen molar-refractivity contribution in [2.45, 2.75) is 6.92 Å². The molecule has 0 atom stereocenters. The van der Waals surface area contributed by atoms with Crippen molar-refractivity contribution in [3.05, 3.63) is 58.4 Å². The van der Waals surface area contributed by atoms with Crippen LogP contribution >= 0.6 is 11.6 Å². The van der Waals surface area contributed by atoms with Gasteiger partial charge in [-0.15, -0.1) is 0 Å². The molecule has 0 bridgehead atoms. The van der Waals surface area contributed by atoms with Crippen LogP contribution in [-0.4, -0.2) is 6.29 Å².